The molecule has 0 spiro atoms. The number of hydrogen-bond acceptors (Lipinski definition) is 8. The summed E-state index contributed by atoms with van der Waals surface area (Å²) < 4.78 is 3.58. The Morgan fingerprint density at radius 2 is 1.68 bits per heavy atom. The number of hydrogen-bond donors (Lipinski definition) is 3. The first-order valence-corrected chi connectivity index (χ1v) is 14.2. The second-order valence-corrected chi connectivity index (χ2v) is 11.3. The predicted octanol–water partition coefficient (Wildman–Crippen LogP) is 3.17. The maximum Gasteiger partial charge on any atom is 0.257 e. The highest BCUT2D eigenvalue weighted by Crippen LogP contribution is 2.32. The van der Waals surface area contributed by atoms with Crippen molar-refractivity contribution in [3.8, 4) is 0 Å². The van der Waals surface area contributed by atoms with E-state index in [1.165, 1.54) is 17.6 Å². The zero-order chi connectivity index (χ0) is 28.1. The molecule has 0 radical (unpaired) electrons. The highest BCUT2D eigenvalue weighted by atomic mass is 16.1. The first-order chi connectivity index (χ1) is 19.9. The Labute approximate surface area is 237 Å². The van der Waals surface area contributed by atoms with E-state index in [0.29, 0.717) is 35.2 Å². The van der Waals surface area contributed by atoms with E-state index in [9.17, 15) is 4.79 Å². The maximum absolute atomic E-state index is 13.7. The lowest BCUT2D eigenvalue weighted by Crippen LogP contribution is -2.43. The van der Waals surface area contributed by atoms with Crippen LogP contribution in [0.1, 0.15) is 41.6 Å². The van der Waals surface area contributed by atoms with Crippen molar-refractivity contribution in [2.45, 2.75) is 44.3 Å². The molecular formula is C29H35N11O. The van der Waals surface area contributed by atoms with E-state index in [0.717, 1.165) is 59.5 Å². The third-order valence-electron chi connectivity index (χ3n) is 8.02. The van der Waals surface area contributed by atoms with Crippen molar-refractivity contribution >= 4 is 44.9 Å². The smallest absolute Gasteiger partial charge is 0.257 e. The number of amides is 1. The van der Waals surface area contributed by atoms with Gasteiger partial charge in [0.15, 0.2) is 5.82 Å². The molecule has 12 nitrogen and oxygen atoms in total. The van der Waals surface area contributed by atoms with Crippen molar-refractivity contribution in [3.05, 3.63) is 54.0 Å². The molecule has 12 heteroatoms. The summed E-state index contributed by atoms with van der Waals surface area (Å²) in [5.41, 5.74) is 4.93. The summed E-state index contributed by atoms with van der Waals surface area (Å²) in [5, 5.41) is 29.9. The topological polar surface area (TPSA) is 123 Å². The second kappa shape index (κ2) is 10.2. The lowest BCUT2D eigenvalue weighted by molar-refractivity contribution is 0.102. The Bertz CT molecular complexity index is 1740. The van der Waals surface area contributed by atoms with E-state index < -0.39 is 0 Å². The van der Waals surface area contributed by atoms with E-state index in [1.54, 1.807) is 22.6 Å². The molecule has 1 saturated carbocycles. The Hall–Kier alpha value is -4.45. The van der Waals surface area contributed by atoms with Gasteiger partial charge in [-0.2, -0.15) is 20.1 Å². The molecule has 4 heterocycles. The summed E-state index contributed by atoms with van der Waals surface area (Å²) in [7, 11) is 5.58. The van der Waals surface area contributed by atoms with Crippen molar-refractivity contribution in [2.75, 3.05) is 28.6 Å². The number of nitrogens with one attached hydrogen (secondary N) is 3. The molecule has 3 N–H and O–H groups in total. The van der Waals surface area contributed by atoms with Crippen molar-refractivity contribution < 1.29 is 4.79 Å². The van der Waals surface area contributed by atoms with Gasteiger partial charge in [0, 0.05) is 93.0 Å². The Kier molecular flexibility index (Phi) is 6.34. The predicted molar refractivity (Wildman–Crippen MR) is 159 cm³/mol. The highest BCUT2D eigenvalue weighted by Gasteiger charge is 2.28. The van der Waals surface area contributed by atoms with E-state index in [1.807, 2.05) is 44.7 Å². The fraction of sp³-hybridized carbons (Fsp3) is 0.414. The molecule has 212 valence electrons. The van der Waals surface area contributed by atoms with Crippen LogP contribution in [0.4, 0.5) is 17.2 Å². The Morgan fingerprint density at radius 1 is 0.927 bits per heavy atom. The molecule has 2 fully saturated rings. The lowest BCUT2D eigenvalue weighted by Gasteiger charge is -2.34. The molecule has 5 aromatic rings. The molecular weight excluding hydrogens is 518 g/mol. The molecule has 1 saturated heterocycles. The van der Waals surface area contributed by atoms with Crippen LogP contribution < -0.4 is 20.9 Å². The molecule has 0 bridgehead atoms. The molecule has 0 unspecified atom stereocenters. The van der Waals surface area contributed by atoms with Gasteiger partial charge in [-0.05, 0) is 49.9 Å². The van der Waals surface area contributed by atoms with Gasteiger partial charge in [0.2, 0.25) is 0 Å². The van der Waals surface area contributed by atoms with Gasteiger partial charge in [0.25, 0.3) is 5.91 Å². The van der Waals surface area contributed by atoms with Crippen molar-refractivity contribution in [1.82, 2.24) is 39.9 Å². The van der Waals surface area contributed by atoms with Gasteiger partial charge in [-0.3, -0.25) is 14.2 Å². The SMILES string of the molecule is Cn1cc2cc(NC(=O)c3ccc(N4CCC(NC5CC5)CC4)c4cn(C)nc34)cc(CNc3cnn(C)n3)c2n1. The maximum atomic E-state index is 13.7. The van der Waals surface area contributed by atoms with Gasteiger partial charge >= 0.3 is 0 Å². The number of benzene rings is 2. The van der Waals surface area contributed by atoms with E-state index in [4.69, 9.17) is 5.10 Å². The monoisotopic (exact) mass is 553 g/mol. The number of nitrogens with zero attached hydrogens (tertiary/aromatic N) is 8. The van der Waals surface area contributed by atoms with Gasteiger partial charge in [-0.1, -0.05) is 0 Å². The lowest BCUT2D eigenvalue weighted by atomic mass is 10.0. The quantitative estimate of drug-likeness (QED) is 0.268. The Morgan fingerprint density at radius 3 is 2.44 bits per heavy atom. The number of carbonyl (C=O) groups excluding carboxylic acids is 1. The third-order valence-corrected chi connectivity index (χ3v) is 8.02. The minimum Gasteiger partial charge on any atom is -0.371 e. The first-order valence-electron chi connectivity index (χ1n) is 14.2. The number of piperidine rings is 1. The molecule has 7 rings (SSSR count). The van der Waals surface area contributed by atoms with Crippen molar-refractivity contribution in [3.63, 3.8) is 0 Å². The molecule has 2 aliphatic rings. The normalized spacial score (nSPS) is 16.1. The van der Waals surface area contributed by atoms with Gasteiger partial charge < -0.3 is 20.9 Å². The van der Waals surface area contributed by atoms with Crippen LogP contribution in [0.15, 0.2) is 42.9 Å². The van der Waals surface area contributed by atoms with Crippen molar-refractivity contribution in [1.29, 1.82) is 0 Å². The van der Waals surface area contributed by atoms with Crippen molar-refractivity contribution in [2.24, 2.45) is 21.1 Å². The number of anilines is 3. The summed E-state index contributed by atoms with van der Waals surface area (Å²) in [6, 6.07) is 9.24. The first kappa shape index (κ1) is 25.5. The zero-order valence-electron chi connectivity index (χ0n) is 23.6. The molecule has 1 aliphatic carbocycles. The van der Waals surface area contributed by atoms with Crippen LogP contribution in [0.3, 0.4) is 0 Å². The van der Waals surface area contributed by atoms with Crippen LogP contribution in [0, 0.1) is 0 Å². The molecule has 2 aromatic carbocycles. The van der Waals surface area contributed by atoms with Crippen LogP contribution in [0.5, 0.6) is 0 Å². The van der Waals surface area contributed by atoms with E-state index >= 15 is 0 Å². The number of fused-ring (bicyclic) bond motifs is 2. The molecule has 0 atom stereocenters. The fourth-order valence-electron chi connectivity index (χ4n) is 5.88. The largest absolute Gasteiger partial charge is 0.371 e. The van der Waals surface area contributed by atoms with E-state index in [2.05, 4.69) is 42.2 Å². The van der Waals surface area contributed by atoms with Gasteiger partial charge in [0.1, 0.15) is 5.52 Å². The van der Waals surface area contributed by atoms with Gasteiger partial charge in [-0.25, -0.2) is 0 Å². The minimum atomic E-state index is -0.191. The summed E-state index contributed by atoms with van der Waals surface area (Å²) in [6.07, 6.45) is 10.5. The van der Waals surface area contributed by atoms with Gasteiger partial charge in [0.05, 0.1) is 17.3 Å². The zero-order valence-corrected chi connectivity index (χ0v) is 23.6. The average Bonchev–Trinajstić information content (AvgIpc) is 3.31. The number of aryl methyl sites for hydroxylation is 3. The van der Waals surface area contributed by atoms with Crippen LogP contribution in [-0.4, -0.2) is 65.6 Å². The third kappa shape index (κ3) is 5.22. The van der Waals surface area contributed by atoms with E-state index in [-0.39, 0.29) is 5.91 Å². The summed E-state index contributed by atoms with van der Waals surface area (Å²) in [4.78, 5) is 17.6. The molecule has 1 aliphatic heterocycles. The van der Waals surface area contributed by atoms with Crippen LogP contribution >= 0.6 is 0 Å². The Balaban J connectivity index is 1.13. The van der Waals surface area contributed by atoms with Crippen LogP contribution in [0.2, 0.25) is 0 Å². The number of rotatable bonds is 8. The molecule has 1 amide bonds. The fourth-order valence-corrected chi connectivity index (χ4v) is 5.88. The number of carbonyl (C=O) groups is 1. The standard InChI is InChI=1S/C29H35N11O/c1-37-16-19-13-22(12-18(27(19)35-37)14-30-26-15-31-39(3)34-26)33-29(41)23-6-7-25(24-17-38(2)36-28(23)24)40-10-8-21(9-11-40)32-20-4-5-20/h6-7,12-13,15-17,20-21,32H,4-5,8-11,14H2,1-3H3,(H,30,34)(H,33,41). The highest BCUT2D eigenvalue weighted by molar-refractivity contribution is 6.14. The number of aromatic nitrogens is 7. The molecule has 41 heavy (non-hydrogen) atoms. The molecule has 3 aromatic heterocycles. The summed E-state index contributed by atoms with van der Waals surface area (Å²) >= 11 is 0. The van der Waals surface area contributed by atoms with Crippen LogP contribution in [0.25, 0.3) is 21.8 Å². The summed E-state index contributed by atoms with van der Waals surface area (Å²) in [5.74, 6) is 0.482. The van der Waals surface area contributed by atoms with Crippen LogP contribution in [-0.2, 0) is 27.7 Å². The van der Waals surface area contributed by atoms with Gasteiger partial charge in [-0.15, -0.1) is 5.10 Å². The average molecular weight is 554 g/mol. The minimum absolute atomic E-state index is 0.191. The second-order valence-electron chi connectivity index (χ2n) is 11.3. The summed E-state index contributed by atoms with van der Waals surface area (Å²) in [6.45, 7) is 2.48.